The molecule has 0 aromatic carbocycles. The number of hydrogen-bond donors (Lipinski definition) is 0. The van der Waals surface area contributed by atoms with E-state index in [1.165, 1.54) is 17.5 Å². The molecule has 0 spiro atoms. The van der Waals surface area contributed by atoms with Crippen molar-refractivity contribution in [1.29, 1.82) is 5.26 Å². The fourth-order valence-corrected chi connectivity index (χ4v) is 3.87. The number of pyridine rings is 1. The Balaban J connectivity index is 1.58. The smallest absolute Gasteiger partial charge is 0.264 e. The number of nitriles is 1. The van der Waals surface area contributed by atoms with E-state index in [9.17, 15) is 4.79 Å². The number of hydrogen-bond acceptors (Lipinski definition) is 6. The van der Waals surface area contributed by atoms with Gasteiger partial charge in [-0.3, -0.25) is 9.48 Å². The molecule has 0 bridgehead atoms. The quantitative estimate of drug-likeness (QED) is 0.698. The lowest BCUT2D eigenvalue weighted by atomic mass is 10.3. The number of aromatic nitrogens is 3. The van der Waals surface area contributed by atoms with Crippen LogP contribution >= 0.6 is 11.3 Å². The average Bonchev–Trinajstić information content (AvgIpc) is 3.26. The van der Waals surface area contributed by atoms with Crippen LogP contribution in [0.2, 0.25) is 0 Å². The maximum atomic E-state index is 13.0. The summed E-state index contributed by atoms with van der Waals surface area (Å²) < 4.78 is 7.87. The Morgan fingerprint density at radius 1 is 1.30 bits per heavy atom. The van der Waals surface area contributed by atoms with Crippen molar-refractivity contribution in [2.75, 3.05) is 6.54 Å². The molecule has 0 radical (unpaired) electrons. The predicted molar refractivity (Wildman–Crippen MR) is 99.4 cm³/mol. The van der Waals surface area contributed by atoms with Gasteiger partial charge in [0.25, 0.3) is 5.91 Å². The second-order valence-electron chi connectivity index (χ2n) is 6.34. The first-order chi connectivity index (χ1) is 13.1. The highest BCUT2D eigenvalue weighted by Gasteiger charge is 2.28. The molecular formula is C19H17N5O2S. The van der Waals surface area contributed by atoms with E-state index in [0.29, 0.717) is 31.1 Å². The summed E-state index contributed by atoms with van der Waals surface area (Å²) in [7, 11) is 0. The van der Waals surface area contributed by atoms with Gasteiger partial charge < -0.3 is 9.64 Å². The lowest BCUT2D eigenvalue weighted by Crippen LogP contribution is -2.38. The minimum absolute atomic E-state index is 0.0101. The highest BCUT2D eigenvalue weighted by atomic mass is 32.1. The van der Waals surface area contributed by atoms with Gasteiger partial charge in [-0.15, -0.1) is 11.3 Å². The van der Waals surface area contributed by atoms with E-state index in [0.717, 1.165) is 15.4 Å². The Labute approximate surface area is 160 Å². The molecule has 0 saturated carbocycles. The number of amides is 1. The lowest BCUT2D eigenvalue weighted by Gasteiger charge is -2.24. The third-order valence-corrected chi connectivity index (χ3v) is 5.34. The summed E-state index contributed by atoms with van der Waals surface area (Å²) in [5, 5.41) is 13.2. The summed E-state index contributed by atoms with van der Waals surface area (Å²) in [5.41, 5.74) is 1.44. The summed E-state index contributed by atoms with van der Waals surface area (Å²) in [6.07, 6.45) is 2.91. The lowest BCUT2D eigenvalue weighted by molar-refractivity contribution is 0.0649. The van der Waals surface area contributed by atoms with Crippen LogP contribution in [0.4, 0.5) is 0 Å². The fourth-order valence-electron chi connectivity index (χ4n) is 3.04. The molecule has 27 heavy (non-hydrogen) atoms. The molecule has 7 nitrogen and oxygen atoms in total. The number of nitrogens with zero attached hydrogens (tertiary/aromatic N) is 5. The Morgan fingerprint density at radius 3 is 2.89 bits per heavy atom. The highest BCUT2D eigenvalue weighted by Crippen LogP contribution is 2.22. The maximum Gasteiger partial charge on any atom is 0.264 e. The van der Waals surface area contributed by atoms with Gasteiger partial charge >= 0.3 is 0 Å². The van der Waals surface area contributed by atoms with Gasteiger partial charge in [0, 0.05) is 23.3 Å². The standard InChI is InChI=1S/C19H17N5O2S/c1-13-2-4-17(27-13)19(25)23-10-15-6-7-22-24(15)12-16(11-23)26-18-5-3-14(8-20)9-21-18/h2-7,9,16H,10-12H2,1H3/t16-/m1/s1. The van der Waals surface area contributed by atoms with Crippen molar-refractivity contribution in [2.45, 2.75) is 26.1 Å². The summed E-state index contributed by atoms with van der Waals surface area (Å²) >= 11 is 1.49. The Kier molecular flexibility index (Phi) is 4.60. The minimum Gasteiger partial charge on any atom is -0.470 e. The number of fused-ring (bicyclic) bond motifs is 1. The van der Waals surface area contributed by atoms with Crippen LogP contribution in [0, 0.1) is 18.3 Å². The Morgan fingerprint density at radius 2 is 2.19 bits per heavy atom. The molecule has 0 N–H and O–H groups in total. The second-order valence-corrected chi connectivity index (χ2v) is 7.63. The molecule has 1 atom stereocenters. The molecule has 8 heteroatoms. The monoisotopic (exact) mass is 379 g/mol. The van der Waals surface area contributed by atoms with Gasteiger partial charge in [0.15, 0.2) is 0 Å². The van der Waals surface area contributed by atoms with E-state index < -0.39 is 0 Å². The zero-order valence-electron chi connectivity index (χ0n) is 14.7. The Hall–Kier alpha value is -3.18. The maximum absolute atomic E-state index is 13.0. The molecule has 3 aromatic rings. The van der Waals surface area contributed by atoms with E-state index in [-0.39, 0.29) is 12.0 Å². The van der Waals surface area contributed by atoms with Gasteiger partial charge in [0.1, 0.15) is 12.2 Å². The molecule has 0 aliphatic carbocycles. The molecule has 1 aliphatic rings. The second kappa shape index (κ2) is 7.21. The van der Waals surface area contributed by atoms with Crippen molar-refractivity contribution in [2.24, 2.45) is 0 Å². The van der Waals surface area contributed by atoms with Crippen LogP contribution in [0.15, 0.2) is 42.7 Å². The number of aryl methyl sites for hydroxylation is 1. The molecule has 3 aromatic heterocycles. The fraction of sp³-hybridized carbons (Fsp3) is 0.263. The third kappa shape index (κ3) is 3.68. The van der Waals surface area contributed by atoms with Gasteiger partial charge in [-0.25, -0.2) is 4.98 Å². The Bertz CT molecular complexity index is 1000. The highest BCUT2D eigenvalue weighted by molar-refractivity contribution is 7.13. The zero-order valence-corrected chi connectivity index (χ0v) is 15.5. The van der Waals surface area contributed by atoms with Crippen molar-refractivity contribution in [1.82, 2.24) is 19.7 Å². The van der Waals surface area contributed by atoms with Gasteiger partial charge in [-0.05, 0) is 31.2 Å². The summed E-state index contributed by atoms with van der Waals surface area (Å²) in [6, 6.07) is 11.1. The minimum atomic E-state index is -0.295. The van der Waals surface area contributed by atoms with Crippen LogP contribution in [-0.4, -0.2) is 38.2 Å². The SMILES string of the molecule is Cc1ccc(C(=O)N2Cc3ccnn3C[C@H](Oc3ccc(C#N)cn3)C2)s1. The predicted octanol–water partition coefficient (Wildman–Crippen LogP) is 2.62. The number of carbonyl (C=O) groups excluding carboxylic acids is 1. The molecule has 0 fully saturated rings. The van der Waals surface area contributed by atoms with Crippen molar-refractivity contribution >= 4 is 17.2 Å². The van der Waals surface area contributed by atoms with E-state index in [1.54, 1.807) is 23.2 Å². The van der Waals surface area contributed by atoms with E-state index in [4.69, 9.17) is 10.00 Å². The molecule has 4 heterocycles. The first kappa shape index (κ1) is 17.2. The van der Waals surface area contributed by atoms with E-state index in [1.807, 2.05) is 35.9 Å². The average molecular weight is 379 g/mol. The first-order valence-corrected chi connectivity index (χ1v) is 9.33. The van der Waals surface area contributed by atoms with Crippen LogP contribution in [0.1, 0.15) is 25.8 Å². The van der Waals surface area contributed by atoms with Gasteiger partial charge in [0.05, 0.1) is 35.8 Å². The molecule has 0 saturated heterocycles. The van der Waals surface area contributed by atoms with Crippen molar-refractivity contribution in [3.05, 3.63) is 63.7 Å². The number of rotatable bonds is 3. The normalized spacial score (nSPS) is 16.3. The molecule has 1 amide bonds. The van der Waals surface area contributed by atoms with Gasteiger partial charge in [0.2, 0.25) is 5.88 Å². The van der Waals surface area contributed by atoms with Crippen LogP contribution in [-0.2, 0) is 13.1 Å². The zero-order chi connectivity index (χ0) is 18.8. The van der Waals surface area contributed by atoms with Gasteiger partial charge in [-0.2, -0.15) is 10.4 Å². The summed E-state index contributed by atoms with van der Waals surface area (Å²) in [4.78, 5) is 20.8. The third-order valence-electron chi connectivity index (χ3n) is 4.35. The van der Waals surface area contributed by atoms with Gasteiger partial charge in [-0.1, -0.05) is 0 Å². The van der Waals surface area contributed by atoms with Crippen LogP contribution < -0.4 is 4.74 Å². The molecule has 136 valence electrons. The van der Waals surface area contributed by atoms with Crippen molar-refractivity contribution in [3.8, 4) is 11.9 Å². The molecule has 1 aliphatic heterocycles. The number of thiophene rings is 1. The molecule has 4 rings (SSSR count). The number of carbonyl (C=O) groups is 1. The molecule has 0 unspecified atom stereocenters. The largest absolute Gasteiger partial charge is 0.470 e. The first-order valence-electron chi connectivity index (χ1n) is 8.51. The van der Waals surface area contributed by atoms with Crippen LogP contribution in [0.3, 0.4) is 0 Å². The van der Waals surface area contributed by atoms with E-state index >= 15 is 0 Å². The van der Waals surface area contributed by atoms with E-state index in [2.05, 4.69) is 10.1 Å². The van der Waals surface area contributed by atoms with Crippen LogP contribution in [0.5, 0.6) is 5.88 Å². The number of ether oxygens (including phenoxy) is 1. The molecular weight excluding hydrogens is 362 g/mol. The topological polar surface area (TPSA) is 84.0 Å². The van der Waals surface area contributed by atoms with Crippen LogP contribution in [0.25, 0.3) is 0 Å². The summed E-state index contributed by atoms with van der Waals surface area (Å²) in [5.74, 6) is 0.415. The summed E-state index contributed by atoms with van der Waals surface area (Å²) in [6.45, 7) is 3.43. The van der Waals surface area contributed by atoms with Crippen molar-refractivity contribution in [3.63, 3.8) is 0 Å². The van der Waals surface area contributed by atoms with Crippen molar-refractivity contribution < 1.29 is 9.53 Å².